The molecule has 25 heavy (non-hydrogen) atoms. The summed E-state index contributed by atoms with van der Waals surface area (Å²) in [7, 11) is -3.87. The van der Waals surface area contributed by atoms with Crippen LogP contribution in [-0.4, -0.2) is 15.0 Å². The van der Waals surface area contributed by atoms with Crippen LogP contribution < -0.4 is 9.46 Å². The Bertz CT molecular complexity index is 854. The third-order valence-electron chi connectivity index (χ3n) is 3.51. The van der Waals surface area contributed by atoms with E-state index >= 15 is 0 Å². The summed E-state index contributed by atoms with van der Waals surface area (Å²) in [5.41, 5.74) is 0.982. The van der Waals surface area contributed by atoms with Crippen molar-refractivity contribution in [3.63, 3.8) is 0 Å². The molecule has 136 valence electrons. The van der Waals surface area contributed by atoms with Crippen LogP contribution in [0.4, 0.5) is 5.69 Å². The van der Waals surface area contributed by atoms with Gasteiger partial charge in [0.2, 0.25) is 0 Å². The molecule has 0 saturated carbocycles. The maximum Gasteiger partial charge on any atom is 0.265 e. The largest absolute Gasteiger partial charge is 0.492 e. The second-order valence-electron chi connectivity index (χ2n) is 6.61. The van der Waals surface area contributed by atoms with Crippen molar-refractivity contribution >= 4 is 38.9 Å². The second kappa shape index (κ2) is 7.44. The van der Waals surface area contributed by atoms with Crippen LogP contribution in [0.1, 0.15) is 33.3 Å². The standard InChI is InChI=1S/C18H21Cl2NO3S/c1-5-24-16-7-6-12(18(2,3)4)8-17(16)25(22,23)21-15-10-13(19)9-14(20)11-15/h6-11,21H,5H2,1-4H3. The molecule has 0 atom stereocenters. The first-order valence-corrected chi connectivity index (χ1v) is 10.0. The van der Waals surface area contributed by atoms with E-state index in [-0.39, 0.29) is 10.3 Å². The zero-order chi connectivity index (χ0) is 18.8. The first kappa shape index (κ1) is 19.9. The van der Waals surface area contributed by atoms with Crippen LogP contribution in [0, 0.1) is 0 Å². The summed E-state index contributed by atoms with van der Waals surface area (Å²) in [6.45, 7) is 8.22. The van der Waals surface area contributed by atoms with Crippen LogP contribution in [0.3, 0.4) is 0 Å². The van der Waals surface area contributed by atoms with E-state index in [4.69, 9.17) is 27.9 Å². The lowest BCUT2D eigenvalue weighted by Gasteiger charge is -2.21. The van der Waals surface area contributed by atoms with Crippen LogP contribution in [0.5, 0.6) is 5.75 Å². The molecule has 7 heteroatoms. The second-order valence-corrected chi connectivity index (χ2v) is 9.13. The van der Waals surface area contributed by atoms with Gasteiger partial charge < -0.3 is 4.74 Å². The molecule has 0 aliphatic heterocycles. The molecular formula is C18H21Cl2NO3S. The summed E-state index contributed by atoms with van der Waals surface area (Å²) in [5.74, 6) is 0.302. The normalized spacial score (nSPS) is 12.1. The monoisotopic (exact) mass is 401 g/mol. The molecule has 0 aliphatic rings. The smallest absolute Gasteiger partial charge is 0.265 e. The molecule has 0 amide bonds. The number of ether oxygens (including phenoxy) is 1. The number of rotatable bonds is 5. The lowest BCUT2D eigenvalue weighted by Crippen LogP contribution is -2.17. The van der Waals surface area contributed by atoms with Gasteiger partial charge in [0.15, 0.2) is 0 Å². The van der Waals surface area contributed by atoms with E-state index in [2.05, 4.69) is 4.72 Å². The summed E-state index contributed by atoms with van der Waals surface area (Å²) < 4.78 is 33.9. The van der Waals surface area contributed by atoms with E-state index in [1.54, 1.807) is 19.1 Å². The highest BCUT2D eigenvalue weighted by Crippen LogP contribution is 2.33. The van der Waals surface area contributed by atoms with Crippen molar-refractivity contribution in [3.8, 4) is 5.75 Å². The minimum absolute atomic E-state index is 0.0814. The van der Waals surface area contributed by atoms with Crippen LogP contribution in [0.2, 0.25) is 10.0 Å². The van der Waals surface area contributed by atoms with E-state index in [1.165, 1.54) is 18.2 Å². The molecular weight excluding hydrogens is 381 g/mol. The van der Waals surface area contributed by atoms with Crippen LogP contribution in [0.15, 0.2) is 41.3 Å². The lowest BCUT2D eigenvalue weighted by atomic mass is 9.87. The van der Waals surface area contributed by atoms with Crippen molar-refractivity contribution < 1.29 is 13.2 Å². The molecule has 2 aromatic carbocycles. The van der Waals surface area contributed by atoms with E-state index in [1.807, 2.05) is 26.8 Å². The Balaban J connectivity index is 2.52. The fourth-order valence-corrected chi connectivity index (χ4v) is 4.02. The highest BCUT2D eigenvalue weighted by Gasteiger charge is 2.24. The van der Waals surface area contributed by atoms with Crippen molar-refractivity contribution in [2.45, 2.75) is 38.0 Å². The Morgan fingerprint density at radius 3 is 2.16 bits per heavy atom. The Hall–Kier alpha value is -1.43. The van der Waals surface area contributed by atoms with Gasteiger partial charge in [-0.3, -0.25) is 4.72 Å². The van der Waals surface area contributed by atoms with E-state index in [0.29, 0.717) is 28.1 Å². The molecule has 2 rings (SSSR count). The van der Waals surface area contributed by atoms with Gasteiger partial charge in [0.25, 0.3) is 10.0 Å². The third-order valence-corrected chi connectivity index (χ3v) is 5.35. The zero-order valence-corrected chi connectivity index (χ0v) is 16.9. The average molecular weight is 402 g/mol. The van der Waals surface area contributed by atoms with Crippen molar-refractivity contribution in [1.82, 2.24) is 0 Å². The van der Waals surface area contributed by atoms with Crippen molar-refractivity contribution in [2.24, 2.45) is 0 Å². The Kier molecular flexibility index (Phi) is 5.92. The Labute approximate surface area is 159 Å². The van der Waals surface area contributed by atoms with Gasteiger partial charge in [-0.05, 0) is 48.2 Å². The summed E-state index contributed by atoms with van der Waals surface area (Å²) >= 11 is 11.9. The van der Waals surface area contributed by atoms with E-state index in [0.717, 1.165) is 5.56 Å². The number of benzene rings is 2. The SMILES string of the molecule is CCOc1ccc(C(C)(C)C)cc1S(=O)(=O)Nc1cc(Cl)cc(Cl)c1. The maximum absolute atomic E-state index is 12.9. The summed E-state index contributed by atoms with van der Waals surface area (Å²) in [6, 6.07) is 9.73. The van der Waals surface area contributed by atoms with Gasteiger partial charge in [-0.25, -0.2) is 8.42 Å². The fourth-order valence-electron chi connectivity index (χ4n) is 2.28. The number of sulfonamides is 1. The molecule has 0 saturated heterocycles. The molecule has 0 aromatic heterocycles. The molecule has 0 radical (unpaired) electrons. The van der Waals surface area contributed by atoms with Gasteiger partial charge in [0.05, 0.1) is 12.3 Å². The van der Waals surface area contributed by atoms with Crippen molar-refractivity contribution in [1.29, 1.82) is 0 Å². The number of hydrogen-bond acceptors (Lipinski definition) is 3. The zero-order valence-electron chi connectivity index (χ0n) is 14.6. The first-order valence-electron chi connectivity index (χ1n) is 7.79. The maximum atomic E-state index is 12.9. The minimum Gasteiger partial charge on any atom is -0.492 e. The molecule has 0 heterocycles. The van der Waals surface area contributed by atoms with Gasteiger partial charge in [-0.1, -0.05) is 50.0 Å². The highest BCUT2D eigenvalue weighted by atomic mass is 35.5. The predicted octanol–water partition coefficient (Wildman–Crippen LogP) is 5.49. The molecule has 0 spiro atoms. The molecule has 2 aromatic rings. The molecule has 1 N–H and O–H groups in total. The quantitative estimate of drug-likeness (QED) is 0.720. The van der Waals surface area contributed by atoms with Crippen molar-refractivity contribution in [3.05, 3.63) is 52.0 Å². The van der Waals surface area contributed by atoms with E-state index < -0.39 is 10.0 Å². The lowest BCUT2D eigenvalue weighted by molar-refractivity contribution is 0.331. The number of hydrogen-bond donors (Lipinski definition) is 1. The molecule has 0 bridgehead atoms. The summed E-state index contributed by atoms with van der Waals surface area (Å²) in [6.07, 6.45) is 0. The molecule has 4 nitrogen and oxygen atoms in total. The van der Waals surface area contributed by atoms with Crippen molar-refractivity contribution in [2.75, 3.05) is 11.3 Å². The number of anilines is 1. The number of nitrogens with one attached hydrogen (secondary N) is 1. The van der Waals surface area contributed by atoms with Gasteiger partial charge in [0.1, 0.15) is 10.6 Å². The van der Waals surface area contributed by atoms with Crippen LogP contribution in [-0.2, 0) is 15.4 Å². The third kappa shape index (κ3) is 5.03. The first-order chi connectivity index (χ1) is 11.5. The van der Waals surface area contributed by atoms with Gasteiger partial charge in [-0.15, -0.1) is 0 Å². The fraction of sp³-hybridized carbons (Fsp3) is 0.333. The van der Waals surface area contributed by atoms with Crippen LogP contribution >= 0.6 is 23.2 Å². The Morgan fingerprint density at radius 1 is 1.04 bits per heavy atom. The minimum atomic E-state index is -3.87. The number of halogens is 2. The summed E-state index contributed by atoms with van der Waals surface area (Å²) in [4.78, 5) is 0.0814. The molecule has 0 fully saturated rings. The van der Waals surface area contributed by atoms with Gasteiger partial charge >= 0.3 is 0 Å². The van der Waals surface area contributed by atoms with Gasteiger partial charge in [0, 0.05) is 10.0 Å². The highest BCUT2D eigenvalue weighted by molar-refractivity contribution is 7.92. The topological polar surface area (TPSA) is 55.4 Å². The van der Waals surface area contributed by atoms with E-state index in [9.17, 15) is 8.42 Å². The average Bonchev–Trinajstić information content (AvgIpc) is 2.45. The Morgan fingerprint density at radius 2 is 1.64 bits per heavy atom. The van der Waals surface area contributed by atoms with Crippen LogP contribution in [0.25, 0.3) is 0 Å². The summed E-state index contributed by atoms with van der Waals surface area (Å²) in [5, 5.41) is 0.692. The predicted molar refractivity (Wildman–Crippen MR) is 104 cm³/mol. The molecule has 0 unspecified atom stereocenters. The van der Waals surface area contributed by atoms with Gasteiger partial charge in [-0.2, -0.15) is 0 Å². The molecule has 0 aliphatic carbocycles.